The first-order valence-corrected chi connectivity index (χ1v) is 9.34. The molecular weight excluding hydrogens is 292 g/mol. The van der Waals surface area contributed by atoms with Crippen LogP contribution in [0.15, 0.2) is 0 Å². The number of aliphatic carboxylic acids is 1. The topological polar surface area (TPSA) is 77.9 Å². The minimum absolute atomic E-state index is 0.288. The van der Waals surface area contributed by atoms with E-state index in [-0.39, 0.29) is 12.2 Å². The lowest BCUT2D eigenvalue weighted by Gasteiger charge is -2.33. The monoisotopic (exact) mass is 320 g/mol. The Morgan fingerprint density at radius 3 is 2.48 bits per heavy atom. The van der Waals surface area contributed by atoms with Crippen molar-refractivity contribution >= 4 is 16.0 Å². The molecule has 6 nitrogen and oxygen atoms in total. The number of nitrogens with zero attached hydrogens (tertiary/aromatic N) is 2. The highest BCUT2D eigenvalue weighted by Gasteiger charge is 2.28. The molecule has 1 aliphatic rings. The second-order valence-corrected chi connectivity index (χ2v) is 8.01. The SMILES string of the molecule is CCCCN(C)CC1CCN(S(=O)(=O)CCC(=O)O)CC1. The van der Waals surface area contributed by atoms with Gasteiger partial charge in [0, 0.05) is 19.6 Å². The van der Waals surface area contributed by atoms with E-state index in [1.165, 1.54) is 17.1 Å². The summed E-state index contributed by atoms with van der Waals surface area (Å²) < 4.78 is 25.5. The van der Waals surface area contributed by atoms with Gasteiger partial charge in [-0.3, -0.25) is 4.79 Å². The fraction of sp³-hybridized carbons (Fsp3) is 0.929. The van der Waals surface area contributed by atoms with E-state index in [0.717, 1.165) is 25.9 Å². The summed E-state index contributed by atoms with van der Waals surface area (Å²) >= 11 is 0. The van der Waals surface area contributed by atoms with Crippen LogP contribution in [0, 0.1) is 5.92 Å². The third-order valence-electron chi connectivity index (χ3n) is 4.00. The van der Waals surface area contributed by atoms with Gasteiger partial charge in [-0.2, -0.15) is 0 Å². The minimum Gasteiger partial charge on any atom is -0.481 e. The number of hydrogen-bond acceptors (Lipinski definition) is 4. The molecule has 1 aliphatic heterocycles. The minimum atomic E-state index is -3.41. The quantitative estimate of drug-likeness (QED) is 0.691. The summed E-state index contributed by atoms with van der Waals surface area (Å²) in [6, 6.07) is 0. The summed E-state index contributed by atoms with van der Waals surface area (Å²) in [6.07, 6.45) is 3.79. The lowest BCUT2D eigenvalue weighted by Crippen LogP contribution is -2.42. The molecule has 1 fully saturated rings. The maximum absolute atomic E-state index is 12.0. The van der Waals surface area contributed by atoms with Crippen molar-refractivity contribution in [3.8, 4) is 0 Å². The second kappa shape index (κ2) is 8.70. The largest absolute Gasteiger partial charge is 0.481 e. The first-order chi connectivity index (χ1) is 9.85. The molecule has 1 saturated heterocycles. The molecule has 0 aromatic heterocycles. The van der Waals surface area contributed by atoms with E-state index in [9.17, 15) is 13.2 Å². The van der Waals surface area contributed by atoms with Crippen LogP contribution in [0.5, 0.6) is 0 Å². The van der Waals surface area contributed by atoms with Crippen molar-refractivity contribution in [3.63, 3.8) is 0 Å². The third kappa shape index (κ3) is 6.76. The number of unbranched alkanes of at least 4 members (excludes halogenated alkanes) is 1. The number of carboxylic acids is 1. The zero-order chi connectivity index (χ0) is 15.9. The van der Waals surface area contributed by atoms with Crippen molar-refractivity contribution in [1.82, 2.24) is 9.21 Å². The van der Waals surface area contributed by atoms with Crippen LogP contribution in [0.4, 0.5) is 0 Å². The van der Waals surface area contributed by atoms with Crippen LogP contribution in [0.2, 0.25) is 0 Å². The summed E-state index contributed by atoms with van der Waals surface area (Å²) in [6.45, 7) is 5.33. The van der Waals surface area contributed by atoms with Gasteiger partial charge in [-0.1, -0.05) is 13.3 Å². The van der Waals surface area contributed by atoms with E-state index in [2.05, 4.69) is 18.9 Å². The maximum Gasteiger partial charge on any atom is 0.304 e. The predicted molar refractivity (Wildman–Crippen MR) is 82.7 cm³/mol. The summed E-state index contributed by atoms with van der Waals surface area (Å²) in [4.78, 5) is 12.8. The van der Waals surface area contributed by atoms with E-state index < -0.39 is 16.0 Å². The maximum atomic E-state index is 12.0. The van der Waals surface area contributed by atoms with Gasteiger partial charge in [-0.05, 0) is 38.8 Å². The molecule has 0 radical (unpaired) electrons. The number of hydrogen-bond donors (Lipinski definition) is 1. The zero-order valence-corrected chi connectivity index (χ0v) is 13.9. The standard InChI is InChI=1S/C14H28N2O4S/c1-3-4-8-15(2)12-13-5-9-16(10-6-13)21(19,20)11-7-14(17)18/h13H,3-12H2,1-2H3,(H,17,18). The van der Waals surface area contributed by atoms with Gasteiger partial charge in [0.25, 0.3) is 0 Å². The predicted octanol–water partition coefficient (Wildman–Crippen LogP) is 1.23. The van der Waals surface area contributed by atoms with E-state index in [1.807, 2.05) is 0 Å². The van der Waals surface area contributed by atoms with Crippen molar-refractivity contribution in [2.45, 2.75) is 39.0 Å². The molecule has 0 aromatic carbocycles. The van der Waals surface area contributed by atoms with Crippen molar-refractivity contribution in [1.29, 1.82) is 0 Å². The van der Waals surface area contributed by atoms with Crippen molar-refractivity contribution < 1.29 is 18.3 Å². The molecule has 1 N–H and O–H groups in total. The van der Waals surface area contributed by atoms with E-state index in [1.54, 1.807) is 0 Å². The molecule has 124 valence electrons. The van der Waals surface area contributed by atoms with E-state index in [0.29, 0.717) is 19.0 Å². The van der Waals surface area contributed by atoms with E-state index in [4.69, 9.17) is 5.11 Å². The molecule has 0 spiro atoms. The number of rotatable bonds is 9. The molecule has 0 atom stereocenters. The van der Waals surface area contributed by atoms with Crippen LogP contribution >= 0.6 is 0 Å². The molecule has 1 heterocycles. The Kier molecular flexibility index (Phi) is 7.62. The van der Waals surface area contributed by atoms with Gasteiger partial charge in [0.05, 0.1) is 12.2 Å². The molecule has 1 rings (SSSR count). The number of carboxylic acid groups (broad SMARTS) is 1. The molecule has 0 bridgehead atoms. The summed E-state index contributed by atoms with van der Waals surface area (Å²) in [5, 5.41) is 8.60. The third-order valence-corrected chi connectivity index (χ3v) is 5.88. The van der Waals surface area contributed by atoms with E-state index >= 15 is 0 Å². The number of piperidine rings is 1. The van der Waals surface area contributed by atoms with Crippen LogP contribution in [0.3, 0.4) is 0 Å². The highest BCUT2D eigenvalue weighted by molar-refractivity contribution is 7.89. The molecule has 0 amide bonds. The summed E-state index contributed by atoms with van der Waals surface area (Å²) in [5.74, 6) is -0.813. The van der Waals surface area contributed by atoms with Crippen LogP contribution in [-0.2, 0) is 14.8 Å². The van der Waals surface area contributed by atoms with Gasteiger partial charge >= 0.3 is 5.97 Å². The van der Waals surface area contributed by atoms with Crippen molar-refractivity contribution in [2.75, 3.05) is 39.0 Å². The molecule has 7 heteroatoms. The van der Waals surface area contributed by atoms with Crippen molar-refractivity contribution in [3.05, 3.63) is 0 Å². The van der Waals surface area contributed by atoms with Crippen LogP contribution in [0.1, 0.15) is 39.0 Å². The summed E-state index contributed by atoms with van der Waals surface area (Å²) in [5.41, 5.74) is 0. The molecule has 0 aliphatic carbocycles. The Hall–Kier alpha value is -0.660. The van der Waals surface area contributed by atoms with Crippen LogP contribution in [0.25, 0.3) is 0 Å². The highest BCUT2D eigenvalue weighted by atomic mass is 32.2. The first-order valence-electron chi connectivity index (χ1n) is 7.73. The normalized spacial score (nSPS) is 18.2. The molecule has 0 saturated carbocycles. The van der Waals surface area contributed by atoms with Gasteiger partial charge in [-0.15, -0.1) is 0 Å². The fourth-order valence-corrected chi connectivity index (χ4v) is 4.13. The smallest absolute Gasteiger partial charge is 0.304 e. The highest BCUT2D eigenvalue weighted by Crippen LogP contribution is 2.21. The van der Waals surface area contributed by atoms with Gasteiger partial charge in [0.15, 0.2) is 0 Å². The summed E-state index contributed by atoms with van der Waals surface area (Å²) in [7, 11) is -1.29. The number of sulfonamides is 1. The molecule has 0 unspecified atom stereocenters. The fourth-order valence-electron chi connectivity index (χ4n) is 2.68. The zero-order valence-electron chi connectivity index (χ0n) is 13.1. The molecular formula is C14H28N2O4S. The van der Waals surface area contributed by atoms with Gasteiger partial charge in [-0.25, -0.2) is 12.7 Å². The van der Waals surface area contributed by atoms with Gasteiger partial charge < -0.3 is 10.0 Å². The van der Waals surface area contributed by atoms with Gasteiger partial charge in [0.2, 0.25) is 10.0 Å². The Labute approximate surface area is 128 Å². The Morgan fingerprint density at radius 2 is 1.95 bits per heavy atom. The van der Waals surface area contributed by atoms with Crippen LogP contribution in [-0.4, -0.2) is 67.7 Å². The van der Waals surface area contributed by atoms with Gasteiger partial charge in [0.1, 0.15) is 0 Å². The Balaban J connectivity index is 2.36. The Morgan fingerprint density at radius 1 is 1.33 bits per heavy atom. The average Bonchev–Trinajstić information content (AvgIpc) is 2.43. The Bertz CT molecular complexity index is 417. The molecule has 0 aromatic rings. The lowest BCUT2D eigenvalue weighted by atomic mass is 9.97. The second-order valence-electron chi connectivity index (χ2n) is 5.92. The number of carbonyl (C=O) groups is 1. The average molecular weight is 320 g/mol. The van der Waals surface area contributed by atoms with Crippen molar-refractivity contribution in [2.24, 2.45) is 5.92 Å². The first kappa shape index (κ1) is 18.4. The lowest BCUT2D eigenvalue weighted by molar-refractivity contribution is -0.136. The van der Waals surface area contributed by atoms with Crippen LogP contribution < -0.4 is 0 Å². The molecule has 21 heavy (non-hydrogen) atoms.